The molecule has 1 heterocycles. The van der Waals surface area contributed by atoms with Crippen LogP contribution < -0.4 is 4.90 Å². The molecule has 0 spiro atoms. The van der Waals surface area contributed by atoms with E-state index < -0.39 is 0 Å². The summed E-state index contributed by atoms with van der Waals surface area (Å²) in [5.41, 5.74) is 1.36. The van der Waals surface area contributed by atoms with Gasteiger partial charge in [-0.3, -0.25) is 0 Å². The van der Waals surface area contributed by atoms with Gasteiger partial charge in [0.15, 0.2) is 0 Å². The van der Waals surface area contributed by atoms with Gasteiger partial charge in [-0.15, -0.1) is 0 Å². The van der Waals surface area contributed by atoms with Crippen molar-refractivity contribution in [2.45, 2.75) is 45.6 Å². The summed E-state index contributed by atoms with van der Waals surface area (Å²) in [5, 5.41) is 0. The predicted octanol–water partition coefficient (Wildman–Crippen LogP) is 3.78. The van der Waals surface area contributed by atoms with Crippen LogP contribution in [-0.2, 0) is 0 Å². The summed E-state index contributed by atoms with van der Waals surface area (Å²) in [6.45, 7) is 9.35. The highest BCUT2D eigenvalue weighted by Gasteiger charge is 2.21. The highest BCUT2D eigenvalue weighted by atomic mass is 15.2. The number of hydrogen-bond acceptors (Lipinski definition) is 2. The van der Waals surface area contributed by atoms with Crippen molar-refractivity contribution in [3.05, 3.63) is 30.3 Å². The van der Waals surface area contributed by atoms with Crippen LogP contribution >= 0.6 is 0 Å². The molecule has 0 aromatic heterocycles. The second-order valence-corrected chi connectivity index (χ2v) is 5.48. The molecular weight excluding hydrogens is 232 g/mol. The molecule has 1 fully saturated rings. The lowest BCUT2D eigenvalue weighted by Crippen LogP contribution is -2.41. The van der Waals surface area contributed by atoms with Crippen LogP contribution in [0.3, 0.4) is 0 Å². The van der Waals surface area contributed by atoms with Crippen molar-refractivity contribution < 1.29 is 0 Å². The number of piperidine rings is 1. The molecule has 0 bridgehead atoms. The molecule has 1 aliphatic heterocycles. The van der Waals surface area contributed by atoms with Crippen molar-refractivity contribution in [3.63, 3.8) is 0 Å². The number of rotatable bonds is 6. The minimum Gasteiger partial charge on any atom is -0.372 e. The van der Waals surface area contributed by atoms with Gasteiger partial charge in [0.25, 0.3) is 0 Å². The van der Waals surface area contributed by atoms with Crippen LogP contribution in [0.4, 0.5) is 5.69 Å². The fourth-order valence-corrected chi connectivity index (χ4v) is 3.22. The largest absolute Gasteiger partial charge is 0.372 e. The molecule has 0 aliphatic carbocycles. The summed E-state index contributed by atoms with van der Waals surface area (Å²) in [6, 6.07) is 11.6. The summed E-state index contributed by atoms with van der Waals surface area (Å²) in [5.74, 6) is 0. The van der Waals surface area contributed by atoms with Gasteiger partial charge in [0.1, 0.15) is 0 Å². The number of benzene rings is 1. The first-order chi connectivity index (χ1) is 9.35. The molecule has 19 heavy (non-hydrogen) atoms. The summed E-state index contributed by atoms with van der Waals surface area (Å²) >= 11 is 0. The molecule has 1 saturated heterocycles. The third-order valence-electron chi connectivity index (χ3n) is 4.39. The van der Waals surface area contributed by atoms with E-state index in [2.05, 4.69) is 54.0 Å². The minimum absolute atomic E-state index is 0.802. The molecule has 2 rings (SSSR count). The van der Waals surface area contributed by atoms with Crippen LogP contribution in [0.2, 0.25) is 0 Å². The summed E-state index contributed by atoms with van der Waals surface area (Å²) in [4.78, 5) is 5.17. The molecule has 1 unspecified atom stereocenters. The van der Waals surface area contributed by atoms with Gasteiger partial charge in [0, 0.05) is 24.8 Å². The van der Waals surface area contributed by atoms with Gasteiger partial charge in [-0.05, 0) is 51.4 Å². The van der Waals surface area contributed by atoms with E-state index in [0.29, 0.717) is 0 Å². The Morgan fingerprint density at radius 1 is 1.16 bits per heavy atom. The summed E-state index contributed by atoms with van der Waals surface area (Å²) in [6.07, 6.45) is 5.50. The maximum atomic E-state index is 2.67. The van der Waals surface area contributed by atoms with Crippen LogP contribution in [0, 0.1) is 0 Å². The van der Waals surface area contributed by atoms with Crippen LogP contribution in [0.1, 0.15) is 39.5 Å². The first-order valence-electron chi connectivity index (χ1n) is 7.89. The molecule has 1 aromatic carbocycles. The average molecular weight is 260 g/mol. The molecule has 1 aromatic rings. The highest BCUT2D eigenvalue weighted by Crippen LogP contribution is 2.21. The Morgan fingerprint density at radius 3 is 2.63 bits per heavy atom. The fourth-order valence-electron chi connectivity index (χ4n) is 3.22. The lowest BCUT2D eigenvalue weighted by molar-refractivity contribution is 0.149. The van der Waals surface area contributed by atoms with Gasteiger partial charge >= 0.3 is 0 Å². The zero-order valence-corrected chi connectivity index (χ0v) is 12.5. The fraction of sp³-hybridized carbons (Fsp3) is 0.647. The lowest BCUT2D eigenvalue weighted by atomic mass is 9.99. The van der Waals surface area contributed by atoms with Crippen molar-refractivity contribution in [2.24, 2.45) is 0 Å². The molecule has 0 radical (unpaired) electrons. The Balaban J connectivity index is 1.89. The Labute approximate surface area is 118 Å². The number of hydrogen-bond donors (Lipinski definition) is 0. The van der Waals surface area contributed by atoms with E-state index >= 15 is 0 Å². The lowest BCUT2D eigenvalue weighted by Gasteiger charge is -2.36. The van der Waals surface area contributed by atoms with Crippen molar-refractivity contribution in [3.8, 4) is 0 Å². The number of nitrogens with zero attached hydrogens (tertiary/aromatic N) is 2. The number of likely N-dealkylation sites (tertiary alicyclic amines) is 1. The number of anilines is 1. The maximum Gasteiger partial charge on any atom is 0.0366 e. The van der Waals surface area contributed by atoms with E-state index in [9.17, 15) is 0 Å². The third-order valence-corrected chi connectivity index (χ3v) is 4.39. The van der Waals surface area contributed by atoms with Crippen molar-refractivity contribution >= 4 is 5.69 Å². The van der Waals surface area contributed by atoms with Gasteiger partial charge in [0.05, 0.1) is 0 Å². The van der Waals surface area contributed by atoms with Gasteiger partial charge in [0.2, 0.25) is 0 Å². The predicted molar refractivity (Wildman–Crippen MR) is 83.8 cm³/mol. The van der Waals surface area contributed by atoms with E-state index in [1.807, 2.05) is 0 Å². The summed E-state index contributed by atoms with van der Waals surface area (Å²) < 4.78 is 0. The van der Waals surface area contributed by atoms with E-state index in [4.69, 9.17) is 0 Å². The zero-order valence-electron chi connectivity index (χ0n) is 12.5. The van der Waals surface area contributed by atoms with Crippen molar-refractivity contribution in [1.29, 1.82) is 0 Å². The Kier molecular flexibility index (Phi) is 5.71. The van der Waals surface area contributed by atoms with Crippen LogP contribution in [0.25, 0.3) is 0 Å². The van der Waals surface area contributed by atoms with Crippen LogP contribution in [0.5, 0.6) is 0 Å². The molecule has 1 atom stereocenters. The Hall–Kier alpha value is -1.02. The molecule has 2 nitrogen and oxygen atoms in total. The Morgan fingerprint density at radius 2 is 1.95 bits per heavy atom. The first-order valence-corrected chi connectivity index (χ1v) is 7.89. The summed E-state index contributed by atoms with van der Waals surface area (Å²) in [7, 11) is 0. The standard InChI is InChI=1S/C17H28N2/c1-3-18-14-9-8-12-17(18)13-15-19(4-2)16-10-6-5-7-11-16/h5-7,10-11,17H,3-4,8-9,12-15H2,1-2H3. The monoisotopic (exact) mass is 260 g/mol. The topological polar surface area (TPSA) is 6.48 Å². The first kappa shape index (κ1) is 14.4. The zero-order chi connectivity index (χ0) is 13.5. The van der Waals surface area contributed by atoms with Crippen LogP contribution in [-0.4, -0.2) is 37.1 Å². The molecule has 0 amide bonds. The van der Waals surface area contributed by atoms with Gasteiger partial charge < -0.3 is 9.80 Å². The van der Waals surface area contributed by atoms with Crippen LogP contribution in [0.15, 0.2) is 30.3 Å². The second kappa shape index (κ2) is 7.54. The van der Waals surface area contributed by atoms with E-state index in [1.165, 1.54) is 51.0 Å². The average Bonchev–Trinajstić information content (AvgIpc) is 2.49. The third kappa shape index (κ3) is 3.97. The van der Waals surface area contributed by atoms with E-state index in [-0.39, 0.29) is 0 Å². The molecule has 1 aliphatic rings. The number of para-hydroxylation sites is 1. The van der Waals surface area contributed by atoms with E-state index in [0.717, 1.165) is 12.6 Å². The second-order valence-electron chi connectivity index (χ2n) is 5.48. The molecule has 106 valence electrons. The molecular formula is C17H28N2. The molecule has 0 saturated carbocycles. The maximum absolute atomic E-state index is 2.67. The van der Waals surface area contributed by atoms with Crippen molar-refractivity contribution in [1.82, 2.24) is 4.90 Å². The van der Waals surface area contributed by atoms with Crippen molar-refractivity contribution in [2.75, 3.05) is 31.1 Å². The van der Waals surface area contributed by atoms with E-state index in [1.54, 1.807) is 0 Å². The molecule has 0 N–H and O–H groups in total. The molecule has 2 heteroatoms. The normalized spacial score (nSPS) is 20.4. The Bertz CT molecular complexity index is 350. The highest BCUT2D eigenvalue weighted by molar-refractivity contribution is 5.45. The smallest absolute Gasteiger partial charge is 0.0366 e. The minimum atomic E-state index is 0.802. The van der Waals surface area contributed by atoms with Gasteiger partial charge in [-0.25, -0.2) is 0 Å². The quantitative estimate of drug-likeness (QED) is 0.768. The SMILES string of the molecule is CCN(CCC1CCCCN1CC)c1ccccc1. The van der Waals surface area contributed by atoms with Gasteiger partial charge in [-0.1, -0.05) is 31.5 Å². The van der Waals surface area contributed by atoms with Gasteiger partial charge in [-0.2, -0.15) is 0 Å².